The molecule has 1 heterocycles. The number of anilines is 2. The van der Waals surface area contributed by atoms with Crippen LogP contribution < -0.4 is 10.2 Å². The van der Waals surface area contributed by atoms with Crippen LogP contribution in [0.4, 0.5) is 32.8 Å². The average Bonchev–Trinajstić information content (AvgIpc) is 3.31. The van der Waals surface area contributed by atoms with Crippen molar-refractivity contribution in [3.8, 4) is 21.7 Å². The Morgan fingerprint density at radius 3 is 2.21 bits per heavy atom. The maximum absolute atomic E-state index is 14.5. The van der Waals surface area contributed by atoms with Crippen LogP contribution in [-0.2, 0) is 6.18 Å². The van der Waals surface area contributed by atoms with Crippen molar-refractivity contribution in [1.82, 2.24) is 4.98 Å². The Balaban J connectivity index is 0.00000195. The lowest BCUT2D eigenvalue weighted by Gasteiger charge is -2.13. The number of rotatable bonds is 5. The smallest absolute Gasteiger partial charge is 0.378 e. The van der Waals surface area contributed by atoms with Crippen LogP contribution in [0.15, 0.2) is 60.7 Å². The topological polar surface area (TPSA) is 45.2 Å². The fourth-order valence-corrected chi connectivity index (χ4v) is 4.52. The Kier molecular flexibility index (Phi) is 8.88. The Labute approximate surface area is 221 Å². The summed E-state index contributed by atoms with van der Waals surface area (Å²) in [4.78, 5) is 19.4. The number of hydrogen-bond donors (Lipinski definition) is 1. The van der Waals surface area contributed by atoms with Crippen molar-refractivity contribution >= 4 is 28.1 Å². The van der Waals surface area contributed by atoms with Gasteiger partial charge in [-0.15, -0.1) is 0 Å². The zero-order chi connectivity index (χ0) is 28.2. The molecule has 0 fully saturated rings. The van der Waals surface area contributed by atoms with Crippen molar-refractivity contribution in [2.45, 2.75) is 26.9 Å². The number of hydrogen-bond acceptors (Lipinski definition) is 4. The Bertz CT molecular complexity index is 1430. The van der Waals surface area contributed by atoms with E-state index in [2.05, 4.69) is 10.3 Å². The molecule has 0 spiro atoms. The van der Waals surface area contributed by atoms with Crippen LogP contribution in [0.25, 0.3) is 21.7 Å². The molecule has 1 amide bonds. The first-order valence-corrected chi connectivity index (χ1v) is 12.5. The number of nitrogens with one attached hydrogen (secondary N) is 1. The predicted molar refractivity (Wildman–Crippen MR) is 143 cm³/mol. The second-order valence-corrected chi connectivity index (χ2v) is 9.22. The highest BCUT2D eigenvalue weighted by Crippen LogP contribution is 2.41. The van der Waals surface area contributed by atoms with E-state index in [1.807, 2.05) is 45.0 Å². The van der Waals surface area contributed by atoms with Gasteiger partial charge in [-0.1, -0.05) is 55.5 Å². The molecule has 38 heavy (non-hydrogen) atoms. The molecule has 4 aromatic rings. The van der Waals surface area contributed by atoms with Crippen LogP contribution >= 0.6 is 11.3 Å². The molecule has 10 heteroatoms. The minimum absolute atomic E-state index is 0.0144. The summed E-state index contributed by atoms with van der Waals surface area (Å²) in [6, 6.07) is 14.1. The normalized spacial score (nSPS) is 11.0. The summed E-state index contributed by atoms with van der Waals surface area (Å²) in [5, 5.41) is 2.39. The lowest BCUT2D eigenvalue weighted by molar-refractivity contribution is -0.137. The monoisotopic (exact) mass is 547 g/mol. The number of thiazole rings is 1. The second-order valence-electron chi connectivity index (χ2n) is 8.22. The maximum Gasteiger partial charge on any atom is 0.416 e. The minimum atomic E-state index is -4.55. The molecule has 4 nitrogen and oxygen atoms in total. The van der Waals surface area contributed by atoms with Crippen LogP contribution in [0.3, 0.4) is 0 Å². The first-order valence-electron chi connectivity index (χ1n) is 11.7. The van der Waals surface area contributed by atoms with Gasteiger partial charge < -0.3 is 4.90 Å². The van der Waals surface area contributed by atoms with Gasteiger partial charge in [0, 0.05) is 25.3 Å². The van der Waals surface area contributed by atoms with Crippen molar-refractivity contribution in [3.05, 3.63) is 89.0 Å². The van der Waals surface area contributed by atoms with E-state index in [4.69, 9.17) is 0 Å². The molecule has 0 aliphatic carbocycles. The van der Waals surface area contributed by atoms with Crippen molar-refractivity contribution in [1.29, 1.82) is 0 Å². The van der Waals surface area contributed by atoms with Crippen LogP contribution in [0.5, 0.6) is 0 Å². The summed E-state index contributed by atoms with van der Waals surface area (Å²) in [5.74, 6) is -3.08. The van der Waals surface area contributed by atoms with Crippen molar-refractivity contribution in [2.75, 3.05) is 24.3 Å². The van der Waals surface area contributed by atoms with Gasteiger partial charge in [0.1, 0.15) is 17.2 Å². The van der Waals surface area contributed by atoms with E-state index >= 15 is 0 Å². The maximum atomic E-state index is 14.5. The van der Waals surface area contributed by atoms with Gasteiger partial charge in [0.25, 0.3) is 5.91 Å². The number of aromatic nitrogens is 1. The third kappa shape index (κ3) is 6.19. The van der Waals surface area contributed by atoms with E-state index < -0.39 is 34.8 Å². The van der Waals surface area contributed by atoms with Gasteiger partial charge in [0.05, 0.1) is 16.1 Å². The lowest BCUT2D eigenvalue weighted by Crippen LogP contribution is -2.16. The third-order valence-corrected chi connectivity index (χ3v) is 6.49. The van der Waals surface area contributed by atoms with Crippen LogP contribution in [0.1, 0.15) is 35.3 Å². The van der Waals surface area contributed by atoms with Crippen molar-refractivity contribution in [3.63, 3.8) is 0 Å². The first kappa shape index (κ1) is 28.8. The Morgan fingerprint density at radius 1 is 0.947 bits per heavy atom. The fraction of sp³-hybridized carbons (Fsp3) is 0.214. The molecule has 1 N–H and O–H groups in total. The fourth-order valence-electron chi connectivity index (χ4n) is 3.54. The number of halogens is 5. The molecule has 1 aromatic heterocycles. The molecule has 0 saturated heterocycles. The number of amides is 1. The summed E-state index contributed by atoms with van der Waals surface area (Å²) in [7, 11) is 3.73. The molecule has 0 bridgehead atoms. The van der Waals surface area contributed by atoms with Crippen LogP contribution in [0.2, 0.25) is 0 Å². The van der Waals surface area contributed by atoms with Crippen LogP contribution in [0, 0.1) is 18.6 Å². The van der Waals surface area contributed by atoms with E-state index in [-0.39, 0.29) is 16.3 Å². The molecular weight excluding hydrogens is 521 g/mol. The summed E-state index contributed by atoms with van der Waals surface area (Å²) in [6.07, 6.45) is -4.55. The first-order chi connectivity index (χ1) is 18.0. The van der Waals surface area contributed by atoms with E-state index in [0.717, 1.165) is 35.2 Å². The zero-order valence-electron chi connectivity index (χ0n) is 21.4. The van der Waals surface area contributed by atoms with Gasteiger partial charge in [-0.2, -0.15) is 13.2 Å². The molecule has 3 aromatic carbocycles. The summed E-state index contributed by atoms with van der Waals surface area (Å²) >= 11 is 0.910. The average molecular weight is 548 g/mol. The van der Waals surface area contributed by atoms with E-state index in [0.29, 0.717) is 16.1 Å². The van der Waals surface area contributed by atoms with Gasteiger partial charge in [-0.3, -0.25) is 10.1 Å². The van der Waals surface area contributed by atoms with E-state index in [1.165, 1.54) is 25.1 Å². The predicted octanol–water partition coefficient (Wildman–Crippen LogP) is 8.43. The number of alkyl halides is 3. The SMILES string of the molecule is CC.Cc1ccc(F)c(C(=O)Nc2nc(-c3ccc(N(C)C)cc3)c(-c3cccc(C(F)(F)F)c3)s2)c1F. The molecule has 4 rings (SSSR count). The molecule has 0 atom stereocenters. The minimum Gasteiger partial charge on any atom is -0.378 e. The highest BCUT2D eigenvalue weighted by atomic mass is 32.1. The van der Waals surface area contributed by atoms with Gasteiger partial charge in [-0.25, -0.2) is 13.8 Å². The van der Waals surface area contributed by atoms with Crippen molar-refractivity contribution < 1.29 is 26.7 Å². The Hall–Kier alpha value is -3.79. The molecule has 200 valence electrons. The number of aryl methyl sites for hydroxylation is 1. The second kappa shape index (κ2) is 11.7. The summed E-state index contributed by atoms with van der Waals surface area (Å²) in [6.45, 7) is 5.40. The largest absolute Gasteiger partial charge is 0.416 e. The number of carbonyl (C=O) groups excluding carboxylic acids is 1. The highest BCUT2D eigenvalue weighted by Gasteiger charge is 2.31. The molecule has 0 saturated carbocycles. The number of carbonyl (C=O) groups is 1. The lowest BCUT2D eigenvalue weighted by atomic mass is 10.0. The van der Waals surface area contributed by atoms with Crippen molar-refractivity contribution in [2.24, 2.45) is 0 Å². The third-order valence-electron chi connectivity index (χ3n) is 5.47. The van der Waals surface area contributed by atoms with Gasteiger partial charge in [-0.05, 0) is 48.4 Å². The van der Waals surface area contributed by atoms with E-state index in [1.54, 1.807) is 12.1 Å². The Morgan fingerprint density at radius 2 is 1.61 bits per heavy atom. The number of benzene rings is 3. The van der Waals surface area contributed by atoms with Gasteiger partial charge in [0.2, 0.25) is 0 Å². The van der Waals surface area contributed by atoms with E-state index in [9.17, 15) is 26.7 Å². The summed E-state index contributed by atoms with van der Waals surface area (Å²) in [5.41, 5.74) is 0.547. The molecular formula is C28H26F5N3OS. The van der Waals surface area contributed by atoms with Gasteiger partial charge in [0.15, 0.2) is 5.13 Å². The molecule has 0 aliphatic heterocycles. The zero-order valence-corrected chi connectivity index (χ0v) is 22.2. The molecule has 0 unspecified atom stereocenters. The van der Waals surface area contributed by atoms with Crippen LogP contribution in [-0.4, -0.2) is 25.0 Å². The molecule has 0 aliphatic rings. The highest BCUT2D eigenvalue weighted by molar-refractivity contribution is 7.19. The summed E-state index contributed by atoms with van der Waals surface area (Å²) < 4.78 is 68.8. The quantitative estimate of drug-likeness (QED) is 0.255. The number of nitrogens with zero attached hydrogens (tertiary/aromatic N) is 2. The standard InChI is InChI=1S/C26H20F5N3OS.C2H6/c1-14-7-12-19(27)20(21(14)28)24(35)33-25-32-22(15-8-10-18(11-9-15)34(2)3)23(36-25)16-5-4-6-17(13-16)26(29,30)31;1-2/h4-13H,1-3H3,(H,32,33,35);1-2H3. The molecule has 0 radical (unpaired) electrons. The van der Waals surface area contributed by atoms with Gasteiger partial charge >= 0.3 is 6.18 Å².